The van der Waals surface area contributed by atoms with Gasteiger partial charge in [-0.15, -0.1) is 0 Å². The highest BCUT2D eigenvalue weighted by Gasteiger charge is 2.22. The Morgan fingerprint density at radius 1 is 1.19 bits per heavy atom. The van der Waals surface area contributed by atoms with Crippen molar-refractivity contribution in [3.8, 4) is 5.88 Å². The number of urea groups is 1. The van der Waals surface area contributed by atoms with Gasteiger partial charge in [-0.1, -0.05) is 6.07 Å². The predicted molar refractivity (Wildman–Crippen MR) is 105 cm³/mol. The molecule has 0 radical (unpaired) electrons. The fourth-order valence-electron chi connectivity index (χ4n) is 2.77. The van der Waals surface area contributed by atoms with Crippen LogP contribution in [0.5, 0.6) is 5.88 Å². The smallest absolute Gasteiger partial charge is 0.322 e. The molecule has 1 aliphatic heterocycles. The van der Waals surface area contributed by atoms with Crippen molar-refractivity contribution in [1.82, 2.24) is 19.9 Å². The van der Waals surface area contributed by atoms with Crippen molar-refractivity contribution >= 4 is 23.5 Å². The van der Waals surface area contributed by atoms with E-state index in [-0.39, 0.29) is 6.03 Å². The van der Waals surface area contributed by atoms with Gasteiger partial charge in [0.2, 0.25) is 11.8 Å². The zero-order valence-electron chi connectivity index (χ0n) is 15.9. The van der Waals surface area contributed by atoms with E-state index in [1.165, 1.54) is 0 Å². The Morgan fingerprint density at radius 2 is 1.89 bits per heavy atom. The maximum atomic E-state index is 12.5. The summed E-state index contributed by atoms with van der Waals surface area (Å²) in [7, 11) is 3.73. The number of carbonyl (C=O) groups is 1. The van der Waals surface area contributed by atoms with Gasteiger partial charge in [0.25, 0.3) is 0 Å². The number of aromatic nitrogens is 3. The molecule has 1 fully saturated rings. The van der Waals surface area contributed by atoms with Crippen LogP contribution in [-0.2, 0) is 0 Å². The number of rotatable bonds is 5. The lowest BCUT2D eigenvalue weighted by atomic mass is 10.3. The van der Waals surface area contributed by atoms with Crippen molar-refractivity contribution in [2.24, 2.45) is 0 Å². The van der Waals surface area contributed by atoms with Gasteiger partial charge in [-0.3, -0.25) is 0 Å². The van der Waals surface area contributed by atoms with Crippen LogP contribution in [0.15, 0.2) is 30.6 Å². The molecule has 1 saturated heterocycles. The second-order valence-electron chi connectivity index (χ2n) is 6.34. The Kier molecular flexibility index (Phi) is 5.90. The zero-order chi connectivity index (χ0) is 19.2. The third-order valence-corrected chi connectivity index (χ3v) is 4.18. The third-order valence-electron chi connectivity index (χ3n) is 4.18. The lowest BCUT2D eigenvalue weighted by Crippen LogP contribution is -2.50. The number of ether oxygens (including phenoxy) is 1. The topological polar surface area (TPSA) is 86.7 Å². The van der Waals surface area contributed by atoms with Crippen LogP contribution in [0.3, 0.4) is 0 Å². The molecule has 0 bridgehead atoms. The van der Waals surface area contributed by atoms with E-state index in [0.29, 0.717) is 50.3 Å². The minimum Gasteiger partial charge on any atom is -0.478 e. The average molecular weight is 371 g/mol. The monoisotopic (exact) mass is 371 g/mol. The summed E-state index contributed by atoms with van der Waals surface area (Å²) in [6.45, 7) is 5.18. The molecule has 0 saturated carbocycles. The molecule has 0 atom stereocenters. The Hall–Kier alpha value is -3.10. The minimum atomic E-state index is -0.146. The highest BCUT2D eigenvalue weighted by atomic mass is 16.5. The van der Waals surface area contributed by atoms with E-state index in [1.54, 1.807) is 22.2 Å². The first kappa shape index (κ1) is 18.7. The molecule has 3 rings (SSSR count). The summed E-state index contributed by atoms with van der Waals surface area (Å²) in [5.41, 5.74) is 0.583. The van der Waals surface area contributed by atoms with Crippen LogP contribution in [0.1, 0.15) is 6.92 Å². The molecule has 9 heteroatoms. The molecule has 1 N–H and O–H groups in total. The molecule has 1 aliphatic rings. The summed E-state index contributed by atoms with van der Waals surface area (Å²) in [4.78, 5) is 31.1. The maximum Gasteiger partial charge on any atom is 0.322 e. The molecular formula is C18H25N7O2. The standard InChI is InChI=1S/C18H25N7O2/c1-4-27-16-7-5-6-15(22-16)24-8-10-25(11-9-24)18(26)21-14-12-19-17(20-13-14)23(2)3/h5-7,12-13H,4,8-11H2,1-3H3,(H,21,26). The second kappa shape index (κ2) is 8.52. The number of hydrogen-bond donors (Lipinski definition) is 1. The van der Waals surface area contributed by atoms with Gasteiger partial charge in [-0.25, -0.2) is 14.8 Å². The molecule has 0 spiro atoms. The van der Waals surface area contributed by atoms with E-state index < -0.39 is 0 Å². The first-order valence-electron chi connectivity index (χ1n) is 8.97. The van der Waals surface area contributed by atoms with Gasteiger partial charge < -0.3 is 24.8 Å². The SMILES string of the molecule is CCOc1cccc(N2CCN(C(=O)Nc3cnc(N(C)C)nc3)CC2)n1. The average Bonchev–Trinajstić information content (AvgIpc) is 2.69. The van der Waals surface area contributed by atoms with Crippen molar-refractivity contribution in [2.45, 2.75) is 6.92 Å². The number of carbonyl (C=O) groups excluding carboxylic acids is 1. The van der Waals surface area contributed by atoms with Crippen molar-refractivity contribution in [1.29, 1.82) is 0 Å². The Morgan fingerprint density at radius 3 is 2.52 bits per heavy atom. The van der Waals surface area contributed by atoms with Gasteiger partial charge in [-0.2, -0.15) is 4.98 Å². The van der Waals surface area contributed by atoms with Gasteiger partial charge in [0, 0.05) is 46.3 Å². The normalized spacial score (nSPS) is 14.0. The van der Waals surface area contributed by atoms with Gasteiger partial charge in [0.15, 0.2) is 0 Å². The van der Waals surface area contributed by atoms with Crippen LogP contribution in [0.25, 0.3) is 0 Å². The third kappa shape index (κ3) is 4.75. The summed E-state index contributed by atoms with van der Waals surface area (Å²) in [6, 6.07) is 5.60. The number of amides is 2. The number of piperazine rings is 1. The van der Waals surface area contributed by atoms with Crippen LogP contribution in [0.2, 0.25) is 0 Å². The van der Waals surface area contributed by atoms with Gasteiger partial charge in [0.1, 0.15) is 5.82 Å². The number of pyridine rings is 1. The van der Waals surface area contributed by atoms with Crippen molar-refractivity contribution < 1.29 is 9.53 Å². The van der Waals surface area contributed by atoms with Crippen LogP contribution >= 0.6 is 0 Å². The molecular weight excluding hydrogens is 346 g/mol. The quantitative estimate of drug-likeness (QED) is 0.856. The molecule has 0 aliphatic carbocycles. The highest BCUT2D eigenvalue weighted by Crippen LogP contribution is 2.18. The predicted octanol–water partition coefficient (Wildman–Crippen LogP) is 1.69. The highest BCUT2D eigenvalue weighted by molar-refractivity contribution is 5.89. The Labute approximate surface area is 159 Å². The first-order chi connectivity index (χ1) is 13.1. The number of anilines is 3. The van der Waals surface area contributed by atoms with Crippen LogP contribution in [0, 0.1) is 0 Å². The van der Waals surface area contributed by atoms with E-state index in [9.17, 15) is 4.79 Å². The van der Waals surface area contributed by atoms with Gasteiger partial charge >= 0.3 is 6.03 Å². The lowest BCUT2D eigenvalue weighted by molar-refractivity contribution is 0.208. The Balaban J connectivity index is 1.54. The lowest BCUT2D eigenvalue weighted by Gasteiger charge is -2.35. The second-order valence-corrected chi connectivity index (χ2v) is 6.34. The molecule has 2 aromatic heterocycles. The molecule has 0 aromatic carbocycles. The number of nitrogens with zero attached hydrogens (tertiary/aromatic N) is 6. The fourth-order valence-corrected chi connectivity index (χ4v) is 2.77. The van der Waals surface area contributed by atoms with E-state index in [4.69, 9.17) is 4.74 Å². The molecule has 9 nitrogen and oxygen atoms in total. The van der Waals surface area contributed by atoms with Crippen molar-refractivity contribution in [2.75, 3.05) is 62.0 Å². The summed E-state index contributed by atoms with van der Waals surface area (Å²) < 4.78 is 5.46. The largest absolute Gasteiger partial charge is 0.478 e. The van der Waals surface area contributed by atoms with Gasteiger partial charge in [0.05, 0.1) is 24.7 Å². The van der Waals surface area contributed by atoms with Crippen molar-refractivity contribution in [3.05, 3.63) is 30.6 Å². The van der Waals surface area contributed by atoms with E-state index in [2.05, 4.69) is 25.2 Å². The summed E-state index contributed by atoms with van der Waals surface area (Å²) in [5, 5.41) is 2.85. The van der Waals surface area contributed by atoms with Gasteiger partial charge in [-0.05, 0) is 13.0 Å². The molecule has 27 heavy (non-hydrogen) atoms. The molecule has 144 valence electrons. The van der Waals surface area contributed by atoms with E-state index in [1.807, 2.05) is 39.2 Å². The van der Waals surface area contributed by atoms with E-state index in [0.717, 1.165) is 5.82 Å². The first-order valence-corrected chi connectivity index (χ1v) is 8.97. The zero-order valence-corrected chi connectivity index (χ0v) is 15.9. The van der Waals surface area contributed by atoms with E-state index >= 15 is 0 Å². The van der Waals surface area contributed by atoms with Crippen LogP contribution in [-0.4, -0.2) is 72.8 Å². The summed E-state index contributed by atoms with van der Waals surface area (Å²) in [5.74, 6) is 2.09. The molecule has 2 amide bonds. The summed E-state index contributed by atoms with van der Waals surface area (Å²) >= 11 is 0. The maximum absolute atomic E-state index is 12.5. The van der Waals surface area contributed by atoms with Crippen LogP contribution in [0.4, 0.5) is 22.2 Å². The van der Waals surface area contributed by atoms with Crippen molar-refractivity contribution in [3.63, 3.8) is 0 Å². The fraction of sp³-hybridized carbons (Fsp3) is 0.444. The minimum absolute atomic E-state index is 0.146. The number of nitrogens with one attached hydrogen (secondary N) is 1. The number of hydrogen-bond acceptors (Lipinski definition) is 7. The molecule has 3 heterocycles. The summed E-state index contributed by atoms with van der Waals surface area (Å²) in [6.07, 6.45) is 3.22. The molecule has 0 unspecified atom stereocenters. The Bertz CT molecular complexity index is 759. The molecule has 2 aromatic rings. The van der Waals surface area contributed by atoms with Crippen LogP contribution < -0.4 is 19.9 Å².